The van der Waals surface area contributed by atoms with Gasteiger partial charge in [0.25, 0.3) is 0 Å². The van der Waals surface area contributed by atoms with Gasteiger partial charge in [-0.15, -0.1) is 0 Å². The van der Waals surface area contributed by atoms with Crippen molar-refractivity contribution in [2.45, 2.75) is 52.1 Å². The fraction of sp³-hybridized carbons (Fsp3) is 0.550. The molecule has 0 saturated carbocycles. The number of benzene rings is 1. The molecule has 2 aliphatic heterocycles. The number of fused-ring (bicyclic) bond motifs is 2. The molecule has 7 nitrogen and oxygen atoms in total. The Morgan fingerprint density at radius 1 is 1.22 bits per heavy atom. The molecular weight excluding hydrogens is 340 g/mol. The molecule has 0 aliphatic carbocycles. The number of nitrogens with one attached hydrogen (secondary N) is 1. The van der Waals surface area contributed by atoms with Crippen LogP contribution >= 0.6 is 0 Å². The molecule has 7 heteroatoms. The summed E-state index contributed by atoms with van der Waals surface area (Å²) in [6, 6.07) is 8.51. The number of aromatic nitrogens is 3. The molecule has 144 valence electrons. The molecular formula is C20H28N6O. The molecule has 1 aromatic heterocycles. The van der Waals surface area contributed by atoms with Crippen molar-refractivity contribution in [2.75, 3.05) is 24.5 Å². The van der Waals surface area contributed by atoms with E-state index < -0.39 is 0 Å². The minimum atomic E-state index is 0.0362. The number of nitrogens with zero attached hydrogens (tertiary/aromatic N) is 5. The molecule has 2 aromatic rings. The van der Waals surface area contributed by atoms with Crippen molar-refractivity contribution < 1.29 is 0 Å². The second-order valence-electron chi connectivity index (χ2n) is 7.15. The molecule has 0 atom stereocenters. The molecule has 0 unspecified atom stereocenters. The van der Waals surface area contributed by atoms with Crippen molar-refractivity contribution >= 4 is 11.6 Å². The zero-order chi connectivity index (χ0) is 18.6. The monoisotopic (exact) mass is 368 g/mol. The number of rotatable bonds is 5. The first kappa shape index (κ1) is 17.8. The van der Waals surface area contributed by atoms with E-state index in [1.165, 1.54) is 11.3 Å². The van der Waals surface area contributed by atoms with Gasteiger partial charge in [-0.05, 0) is 44.2 Å². The highest BCUT2D eigenvalue weighted by Gasteiger charge is 2.22. The normalized spacial score (nSPS) is 16.3. The van der Waals surface area contributed by atoms with Gasteiger partial charge in [0.05, 0.1) is 0 Å². The van der Waals surface area contributed by atoms with Crippen LogP contribution in [-0.2, 0) is 25.9 Å². The van der Waals surface area contributed by atoms with Crippen molar-refractivity contribution in [1.29, 1.82) is 0 Å². The van der Waals surface area contributed by atoms with Gasteiger partial charge in [0.15, 0.2) is 5.96 Å². The maximum Gasteiger partial charge on any atom is 0.345 e. The average Bonchev–Trinajstić information content (AvgIpc) is 3.26. The summed E-state index contributed by atoms with van der Waals surface area (Å²) in [5.41, 5.74) is 2.66. The Bertz CT molecular complexity index is 881. The Hall–Kier alpha value is -2.57. The fourth-order valence-corrected chi connectivity index (χ4v) is 3.95. The molecule has 4 rings (SSSR count). The lowest BCUT2D eigenvalue weighted by Crippen LogP contribution is -2.40. The summed E-state index contributed by atoms with van der Waals surface area (Å²) in [7, 11) is 0. The summed E-state index contributed by atoms with van der Waals surface area (Å²) >= 11 is 0. The third-order valence-electron chi connectivity index (χ3n) is 5.30. The second-order valence-corrected chi connectivity index (χ2v) is 7.15. The first-order valence-corrected chi connectivity index (χ1v) is 10.1. The van der Waals surface area contributed by atoms with Gasteiger partial charge < -0.3 is 10.2 Å². The number of hydrogen-bond acceptors (Lipinski definition) is 3. The van der Waals surface area contributed by atoms with Gasteiger partial charge in [-0.2, -0.15) is 5.10 Å². The molecule has 0 fully saturated rings. The number of para-hydroxylation sites is 1. The van der Waals surface area contributed by atoms with E-state index in [-0.39, 0.29) is 5.69 Å². The average molecular weight is 368 g/mol. The van der Waals surface area contributed by atoms with Gasteiger partial charge in [-0.25, -0.2) is 9.48 Å². The van der Waals surface area contributed by atoms with Gasteiger partial charge in [-0.1, -0.05) is 18.2 Å². The van der Waals surface area contributed by atoms with Crippen LogP contribution in [0.2, 0.25) is 0 Å². The smallest absolute Gasteiger partial charge is 0.345 e. The molecule has 2 aliphatic rings. The number of aryl methyl sites for hydroxylation is 2. The first-order chi connectivity index (χ1) is 13.3. The lowest BCUT2D eigenvalue weighted by molar-refractivity contribution is 0.509. The zero-order valence-electron chi connectivity index (χ0n) is 16.0. The zero-order valence-corrected chi connectivity index (χ0v) is 16.0. The van der Waals surface area contributed by atoms with Crippen molar-refractivity contribution in [3.63, 3.8) is 0 Å². The van der Waals surface area contributed by atoms with Crippen molar-refractivity contribution in [3.8, 4) is 0 Å². The molecule has 27 heavy (non-hydrogen) atoms. The maximum atomic E-state index is 12.4. The summed E-state index contributed by atoms with van der Waals surface area (Å²) in [4.78, 5) is 19.5. The van der Waals surface area contributed by atoms with Gasteiger partial charge in [0.1, 0.15) is 5.82 Å². The predicted octanol–water partition coefficient (Wildman–Crippen LogP) is 1.80. The molecule has 0 spiro atoms. The van der Waals surface area contributed by atoms with Crippen LogP contribution in [0.1, 0.15) is 37.6 Å². The van der Waals surface area contributed by atoms with Crippen LogP contribution in [0.3, 0.4) is 0 Å². The minimum Gasteiger partial charge on any atom is -0.356 e. The molecule has 3 heterocycles. The van der Waals surface area contributed by atoms with Crippen LogP contribution in [0.5, 0.6) is 0 Å². The molecule has 0 saturated heterocycles. The standard InChI is InChI=1S/C20H28N6O/c1-2-21-19(24-15-11-16-8-3-4-9-17(16)24)22-12-7-14-26-20(27)25-13-6-5-10-18(25)23-26/h3-4,8-9H,2,5-7,10-15H2,1H3,(H,21,22). The van der Waals surface area contributed by atoms with Gasteiger partial charge >= 0.3 is 5.69 Å². The van der Waals surface area contributed by atoms with E-state index in [0.717, 1.165) is 63.5 Å². The minimum absolute atomic E-state index is 0.0362. The summed E-state index contributed by atoms with van der Waals surface area (Å²) in [5.74, 6) is 1.87. The number of anilines is 1. The fourth-order valence-electron chi connectivity index (χ4n) is 3.95. The SMILES string of the molecule is CCNC(=NCCCn1nc2n(c1=O)CCCC2)N1CCc2ccccc21. The summed E-state index contributed by atoms with van der Waals surface area (Å²) in [6.07, 6.45) is 4.98. The van der Waals surface area contributed by atoms with Crippen molar-refractivity contribution in [2.24, 2.45) is 4.99 Å². The summed E-state index contributed by atoms with van der Waals surface area (Å²) < 4.78 is 3.45. The van der Waals surface area contributed by atoms with E-state index in [2.05, 4.69) is 46.5 Å². The van der Waals surface area contributed by atoms with E-state index >= 15 is 0 Å². The molecule has 0 radical (unpaired) electrons. The molecule has 1 N–H and O–H groups in total. The van der Waals surface area contributed by atoms with Crippen molar-refractivity contribution in [3.05, 3.63) is 46.1 Å². The topological polar surface area (TPSA) is 67.5 Å². The molecule has 0 bridgehead atoms. The highest BCUT2D eigenvalue weighted by Crippen LogP contribution is 2.27. The Morgan fingerprint density at radius 2 is 2.11 bits per heavy atom. The predicted molar refractivity (Wildman–Crippen MR) is 108 cm³/mol. The summed E-state index contributed by atoms with van der Waals surface area (Å²) in [5, 5.41) is 7.91. The van der Waals surface area contributed by atoms with E-state index in [9.17, 15) is 4.79 Å². The van der Waals surface area contributed by atoms with E-state index in [1.807, 2.05) is 4.57 Å². The first-order valence-electron chi connectivity index (χ1n) is 10.1. The van der Waals surface area contributed by atoms with Gasteiger partial charge in [0.2, 0.25) is 0 Å². The van der Waals surface area contributed by atoms with Gasteiger partial charge in [0, 0.05) is 44.8 Å². The third-order valence-corrected chi connectivity index (χ3v) is 5.30. The number of guanidine groups is 1. The van der Waals surface area contributed by atoms with E-state index in [4.69, 9.17) is 4.99 Å². The Morgan fingerprint density at radius 3 is 2.96 bits per heavy atom. The van der Waals surface area contributed by atoms with Crippen LogP contribution in [0.4, 0.5) is 5.69 Å². The lowest BCUT2D eigenvalue weighted by atomic mass is 10.2. The third kappa shape index (κ3) is 3.63. The Labute approximate surface area is 159 Å². The molecule has 0 amide bonds. The van der Waals surface area contributed by atoms with Crippen LogP contribution in [0.15, 0.2) is 34.1 Å². The Kier molecular flexibility index (Phi) is 5.27. The second kappa shape index (κ2) is 7.98. The highest BCUT2D eigenvalue weighted by molar-refractivity contribution is 5.97. The highest BCUT2D eigenvalue weighted by atomic mass is 16.2. The largest absolute Gasteiger partial charge is 0.356 e. The van der Waals surface area contributed by atoms with Crippen molar-refractivity contribution in [1.82, 2.24) is 19.7 Å². The lowest BCUT2D eigenvalue weighted by Gasteiger charge is -2.22. The molecule has 1 aromatic carbocycles. The maximum absolute atomic E-state index is 12.4. The number of aliphatic imine (C=N–C) groups is 1. The van der Waals surface area contributed by atoms with Gasteiger partial charge in [-0.3, -0.25) is 9.56 Å². The number of hydrogen-bond donors (Lipinski definition) is 1. The van der Waals surface area contributed by atoms with E-state index in [1.54, 1.807) is 4.68 Å². The Balaban J connectivity index is 1.41. The van der Waals surface area contributed by atoms with Crippen LogP contribution in [0, 0.1) is 0 Å². The quantitative estimate of drug-likeness (QED) is 0.496. The summed E-state index contributed by atoms with van der Waals surface area (Å²) in [6.45, 7) is 6.00. The van der Waals surface area contributed by atoms with Crippen LogP contribution < -0.4 is 15.9 Å². The van der Waals surface area contributed by atoms with Crippen LogP contribution in [-0.4, -0.2) is 39.9 Å². The van der Waals surface area contributed by atoms with Crippen LogP contribution in [0.25, 0.3) is 0 Å². The van der Waals surface area contributed by atoms with E-state index in [0.29, 0.717) is 13.1 Å².